The van der Waals surface area contributed by atoms with Gasteiger partial charge in [0.2, 0.25) is 5.91 Å². The van der Waals surface area contributed by atoms with E-state index in [1.165, 1.54) is 0 Å². The molecule has 25 heavy (non-hydrogen) atoms. The summed E-state index contributed by atoms with van der Waals surface area (Å²) in [6.07, 6.45) is 3.74. The maximum atomic E-state index is 12.7. The Hall–Kier alpha value is -2.37. The molecule has 0 heterocycles. The van der Waals surface area contributed by atoms with Crippen LogP contribution in [0.5, 0.6) is 0 Å². The molecule has 0 aliphatic heterocycles. The van der Waals surface area contributed by atoms with Crippen molar-refractivity contribution in [2.75, 3.05) is 0 Å². The first kappa shape index (κ1) is 19.0. The van der Waals surface area contributed by atoms with E-state index in [1.54, 1.807) is 38.1 Å². The number of hydrogen-bond donors (Lipinski definition) is 3. The highest BCUT2D eigenvalue weighted by Crippen LogP contribution is 2.28. The lowest BCUT2D eigenvalue weighted by atomic mass is 9.95. The number of carboxylic acid groups (broad SMARTS) is 1. The fourth-order valence-electron chi connectivity index (χ4n) is 3.26. The third-order valence-electron chi connectivity index (χ3n) is 4.71. The van der Waals surface area contributed by atoms with E-state index in [1.807, 2.05) is 6.07 Å². The lowest BCUT2D eigenvalue weighted by Gasteiger charge is -2.27. The van der Waals surface area contributed by atoms with E-state index in [-0.39, 0.29) is 17.7 Å². The number of rotatable bonds is 7. The number of benzene rings is 1. The predicted molar refractivity (Wildman–Crippen MR) is 94.1 cm³/mol. The van der Waals surface area contributed by atoms with Crippen LogP contribution in [0.1, 0.15) is 49.9 Å². The highest BCUT2D eigenvalue weighted by atomic mass is 16.4. The molecule has 0 radical (unpaired) electrons. The molecule has 2 rings (SSSR count). The lowest BCUT2D eigenvalue weighted by Crippen LogP contribution is -2.55. The van der Waals surface area contributed by atoms with Crippen molar-refractivity contribution < 1.29 is 19.5 Å². The number of carbonyl (C=O) groups excluding carboxylic acids is 2. The van der Waals surface area contributed by atoms with Crippen molar-refractivity contribution in [2.24, 2.45) is 11.8 Å². The number of aliphatic carboxylic acids is 1. The van der Waals surface area contributed by atoms with Gasteiger partial charge < -0.3 is 15.7 Å². The van der Waals surface area contributed by atoms with Crippen molar-refractivity contribution >= 4 is 17.8 Å². The van der Waals surface area contributed by atoms with Gasteiger partial charge in [0, 0.05) is 5.56 Å². The molecule has 2 atom stereocenters. The molecule has 0 saturated heterocycles. The minimum atomic E-state index is -1.07. The average Bonchev–Trinajstić information content (AvgIpc) is 3.11. The monoisotopic (exact) mass is 346 g/mol. The topological polar surface area (TPSA) is 95.5 Å². The lowest BCUT2D eigenvalue weighted by molar-refractivity contribution is -0.143. The number of carbonyl (C=O) groups is 3. The normalized spacial score (nSPS) is 17.1. The molecule has 1 aliphatic carbocycles. The summed E-state index contributed by atoms with van der Waals surface area (Å²) in [6, 6.07) is 7.04. The zero-order valence-corrected chi connectivity index (χ0v) is 14.7. The zero-order valence-electron chi connectivity index (χ0n) is 14.7. The van der Waals surface area contributed by atoms with Gasteiger partial charge in [0.1, 0.15) is 12.1 Å². The van der Waals surface area contributed by atoms with Crippen molar-refractivity contribution in [3.05, 3.63) is 35.9 Å². The highest BCUT2D eigenvalue weighted by Gasteiger charge is 2.34. The van der Waals surface area contributed by atoms with E-state index in [0.717, 1.165) is 25.7 Å². The van der Waals surface area contributed by atoms with Gasteiger partial charge in [-0.15, -0.1) is 0 Å². The van der Waals surface area contributed by atoms with Gasteiger partial charge in [-0.2, -0.15) is 0 Å². The number of carboxylic acids is 1. The zero-order chi connectivity index (χ0) is 18.4. The first-order valence-corrected chi connectivity index (χ1v) is 8.79. The van der Waals surface area contributed by atoms with Gasteiger partial charge in [0.15, 0.2) is 0 Å². The van der Waals surface area contributed by atoms with Gasteiger partial charge in [-0.1, -0.05) is 44.9 Å². The Balaban J connectivity index is 2.13. The molecule has 1 aliphatic rings. The van der Waals surface area contributed by atoms with Gasteiger partial charge in [0.25, 0.3) is 5.91 Å². The summed E-state index contributed by atoms with van der Waals surface area (Å²) in [5.41, 5.74) is 0.483. The molecular formula is C19H26N2O4. The van der Waals surface area contributed by atoms with Crippen LogP contribution in [-0.2, 0) is 9.59 Å². The van der Waals surface area contributed by atoms with Crippen molar-refractivity contribution in [1.29, 1.82) is 0 Å². The number of hydrogen-bond acceptors (Lipinski definition) is 3. The SMILES string of the molecule is CC(C)[C@H](NC(=O)[C@@H](NC(=O)c1ccccc1)C1CCCC1)C(=O)O. The minimum Gasteiger partial charge on any atom is -0.480 e. The standard InChI is InChI=1S/C19H26N2O4/c1-12(2)15(19(24)25)20-18(23)16(13-8-6-7-9-13)21-17(22)14-10-4-3-5-11-14/h3-5,10-13,15-16H,6-9H2,1-2H3,(H,20,23)(H,21,22)(H,24,25)/t15-,16-/m0/s1. The maximum absolute atomic E-state index is 12.7. The van der Waals surface area contributed by atoms with Crippen LogP contribution in [0.15, 0.2) is 30.3 Å². The van der Waals surface area contributed by atoms with Gasteiger partial charge in [0.05, 0.1) is 0 Å². The third-order valence-corrected chi connectivity index (χ3v) is 4.71. The highest BCUT2D eigenvalue weighted by molar-refractivity contribution is 5.98. The Labute approximate surface area is 148 Å². The van der Waals surface area contributed by atoms with Crippen LogP contribution in [-0.4, -0.2) is 35.0 Å². The second kappa shape index (κ2) is 8.65. The smallest absolute Gasteiger partial charge is 0.326 e. The van der Waals surface area contributed by atoms with Crippen LogP contribution in [0.25, 0.3) is 0 Å². The molecule has 1 saturated carbocycles. The Morgan fingerprint density at radius 1 is 1.04 bits per heavy atom. The molecule has 1 aromatic rings. The molecule has 0 bridgehead atoms. The molecule has 0 aromatic heterocycles. The first-order valence-electron chi connectivity index (χ1n) is 8.79. The summed E-state index contributed by atoms with van der Waals surface area (Å²) < 4.78 is 0. The molecule has 136 valence electrons. The summed E-state index contributed by atoms with van der Waals surface area (Å²) in [6.45, 7) is 3.48. The Bertz CT molecular complexity index is 609. The molecule has 6 nitrogen and oxygen atoms in total. The number of amides is 2. The number of nitrogens with one attached hydrogen (secondary N) is 2. The van der Waals surface area contributed by atoms with E-state index < -0.39 is 24.0 Å². The molecule has 1 aromatic carbocycles. The van der Waals surface area contributed by atoms with Crippen molar-refractivity contribution in [2.45, 2.75) is 51.6 Å². The van der Waals surface area contributed by atoms with Gasteiger partial charge >= 0.3 is 5.97 Å². The van der Waals surface area contributed by atoms with Crippen LogP contribution in [0.2, 0.25) is 0 Å². The fourth-order valence-corrected chi connectivity index (χ4v) is 3.26. The van der Waals surface area contributed by atoms with E-state index in [0.29, 0.717) is 5.56 Å². The van der Waals surface area contributed by atoms with E-state index in [2.05, 4.69) is 10.6 Å². The van der Waals surface area contributed by atoms with Gasteiger partial charge in [-0.3, -0.25) is 9.59 Å². The molecule has 3 N–H and O–H groups in total. The summed E-state index contributed by atoms with van der Waals surface area (Å²) in [4.78, 5) is 36.6. The molecule has 6 heteroatoms. The molecule has 0 unspecified atom stereocenters. The molecule has 1 fully saturated rings. The summed E-state index contributed by atoms with van der Waals surface area (Å²) in [5, 5.41) is 14.7. The van der Waals surface area contributed by atoms with Gasteiger partial charge in [-0.25, -0.2) is 4.79 Å². The van der Waals surface area contributed by atoms with E-state index in [9.17, 15) is 19.5 Å². The van der Waals surface area contributed by atoms with Crippen molar-refractivity contribution in [1.82, 2.24) is 10.6 Å². The second-order valence-electron chi connectivity index (χ2n) is 6.93. The Kier molecular flexibility index (Phi) is 6.56. The van der Waals surface area contributed by atoms with Crippen LogP contribution in [0.3, 0.4) is 0 Å². The van der Waals surface area contributed by atoms with Crippen LogP contribution < -0.4 is 10.6 Å². The van der Waals surface area contributed by atoms with Crippen LogP contribution in [0.4, 0.5) is 0 Å². The van der Waals surface area contributed by atoms with Gasteiger partial charge in [-0.05, 0) is 36.8 Å². The van der Waals surface area contributed by atoms with E-state index in [4.69, 9.17) is 0 Å². The van der Waals surface area contributed by atoms with Crippen molar-refractivity contribution in [3.8, 4) is 0 Å². The quantitative estimate of drug-likeness (QED) is 0.705. The van der Waals surface area contributed by atoms with E-state index >= 15 is 0 Å². The largest absolute Gasteiger partial charge is 0.480 e. The first-order chi connectivity index (χ1) is 11.9. The van der Waals surface area contributed by atoms with Crippen LogP contribution in [0, 0.1) is 11.8 Å². The Morgan fingerprint density at radius 3 is 2.16 bits per heavy atom. The Morgan fingerprint density at radius 2 is 1.64 bits per heavy atom. The summed E-state index contributed by atoms with van der Waals surface area (Å²) in [5.74, 6) is -2.01. The summed E-state index contributed by atoms with van der Waals surface area (Å²) in [7, 11) is 0. The molecular weight excluding hydrogens is 320 g/mol. The minimum absolute atomic E-state index is 0.0364. The van der Waals surface area contributed by atoms with Crippen LogP contribution >= 0.6 is 0 Å². The van der Waals surface area contributed by atoms with Crippen molar-refractivity contribution in [3.63, 3.8) is 0 Å². The molecule has 2 amide bonds. The average molecular weight is 346 g/mol. The third kappa shape index (κ3) is 5.05. The molecule has 0 spiro atoms. The predicted octanol–water partition coefficient (Wildman–Crippen LogP) is 2.20. The fraction of sp³-hybridized carbons (Fsp3) is 0.526. The second-order valence-corrected chi connectivity index (χ2v) is 6.93. The summed E-state index contributed by atoms with van der Waals surface area (Å²) >= 11 is 0. The maximum Gasteiger partial charge on any atom is 0.326 e.